The molecule has 1 aliphatic carbocycles. The second-order valence-corrected chi connectivity index (χ2v) is 6.41. The number of aromatic nitrogens is 5. The molecule has 0 radical (unpaired) electrons. The van der Waals surface area contributed by atoms with Crippen molar-refractivity contribution >= 4 is 43.6 Å². The highest BCUT2D eigenvalue weighted by Gasteiger charge is 2.28. The van der Waals surface area contributed by atoms with Crippen molar-refractivity contribution in [2.75, 3.05) is 0 Å². The minimum Gasteiger partial charge on any atom is -0.247 e. The summed E-state index contributed by atoms with van der Waals surface area (Å²) in [5.74, 6) is 0. The fraction of sp³-hybridized carbons (Fsp3) is 0.333. The third kappa shape index (κ3) is 2.53. The molecule has 5 nitrogen and oxygen atoms in total. The first-order chi connectivity index (χ1) is 8.24. The minimum atomic E-state index is 0.474. The molecule has 88 valence electrons. The summed E-state index contributed by atoms with van der Waals surface area (Å²) in [6.45, 7) is 0. The van der Waals surface area contributed by atoms with E-state index in [0.717, 1.165) is 32.0 Å². The zero-order chi connectivity index (χ0) is 11.8. The van der Waals surface area contributed by atoms with Gasteiger partial charge in [0.15, 0.2) is 0 Å². The van der Waals surface area contributed by atoms with E-state index in [1.165, 1.54) is 11.8 Å². The van der Waals surface area contributed by atoms with Crippen LogP contribution in [0.25, 0.3) is 0 Å². The van der Waals surface area contributed by atoms with Crippen molar-refractivity contribution in [3.8, 4) is 0 Å². The first kappa shape index (κ1) is 11.6. The summed E-state index contributed by atoms with van der Waals surface area (Å²) >= 11 is 8.33. The summed E-state index contributed by atoms with van der Waals surface area (Å²) in [6.07, 6.45) is 4.08. The third-order valence-electron chi connectivity index (χ3n) is 2.32. The Morgan fingerprint density at radius 3 is 2.88 bits per heavy atom. The van der Waals surface area contributed by atoms with Gasteiger partial charge < -0.3 is 0 Å². The Hall–Kier alpha value is -0.470. The van der Waals surface area contributed by atoms with E-state index >= 15 is 0 Å². The predicted octanol–water partition coefficient (Wildman–Crippen LogP) is 3.08. The van der Waals surface area contributed by atoms with Crippen molar-refractivity contribution in [3.05, 3.63) is 21.2 Å². The lowest BCUT2D eigenvalue weighted by Crippen LogP contribution is -1.98. The second-order valence-electron chi connectivity index (χ2n) is 3.68. The first-order valence-corrected chi connectivity index (χ1v) is 7.41. The average Bonchev–Trinajstić information content (AvgIpc) is 3.03. The van der Waals surface area contributed by atoms with Gasteiger partial charge in [-0.05, 0) is 73.0 Å². The molecule has 1 fully saturated rings. The molecule has 0 amide bonds. The summed E-state index contributed by atoms with van der Waals surface area (Å²) in [5.41, 5.74) is 0. The quantitative estimate of drug-likeness (QED) is 0.823. The molecule has 0 bridgehead atoms. The monoisotopic (exact) mass is 375 g/mol. The third-order valence-corrected chi connectivity index (χ3v) is 4.59. The standard InChI is InChI=1S/C9H7Br2N5S/c10-5-3-7(11)8(12-4-5)17-9-13-14-15-16(9)6-1-2-6/h3-4,6H,1-2H2. The Labute approximate surface area is 119 Å². The fourth-order valence-electron chi connectivity index (χ4n) is 1.36. The molecular formula is C9H7Br2N5S. The van der Waals surface area contributed by atoms with Gasteiger partial charge in [0.2, 0.25) is 5.16 Å². The van der Waals surface area contributed by atoms with Crippen LogP contribution in [-0.4, -0.2) is 25.2 Å². The largest absolute Gasteiger partial charge is 0.247 e. The Bertz CT molecular complexity index is 554. The maximum atomic E-state index is 4.33. The smallest absolute Gasteiger partial charge is 0.215 e. The van der Waals surface area contributed by atoms with Gasteiger partial charge >= 0.3 is 0 Å². The highest BCUT2D eigenvalue weighted by atomic mass is 79.9. The highest BCUT2D eigenvalue weighted by Crippen LogP contribution is 2.39. The molecule has 2 heterocycles. The van der Waals surface area contributed by atoms with Gasteiger partial charge in [0.05, 0.1) is 10.5 Å². The van der Waals surface area contributed by atoms with Crippen molar-refractivity contribution in [1.82, 2.24) is 25.2 Å². The van der Waals surface area contributed by atoms with Gasteiger partial charge in [0.1, 0.15) is 5.03 Å². The number of nitrogens with zero attached hydrogens (tertiary/aromatic N) is 5. The van der Waals surface area contributed by atoms with Crippen LogP contribution in [0.5, 0.6) is 0 Å². The minimum absolute atomic E-state index is 0.474. The molecule has 0 aromatic carbocycles. The van der Waals surface area contributed by atoms with Gasteiger partial charge in [0, 0.05) is 10.7 Å². The van der Waals surface area contributed by atoms with Crippen LogP contribution in [0.1, 0.15) is 18.9 Å². The van der Waals surface area contributed by atoms with E-state index in [2.05, 4.69) is 52.4 Å². The summed E-state index contributed by atoms with van der Waals surface area (Å²) in [5, 5.41) is 13.4. The molecule has 0 spiro atoms. The van der Waals surface area contributed by atoms with Crippen molar-refractivity contribution in [2.24, 2.45) is 0 Å². The molecule has 2 aromatic heterocycles. The van der Waals surface area contributed by atoms with Crippen molar-refractivity contribution < 1.29 is 0 Å². The lowest BCUT2D eigenvalue weighted by atomic mass is 10.5. The topological polar surface area (TPSA) is 56.5 Å². The van der Waals surface area contributed by atoms with E-state index in [1.807, 2.05) is 10.7 Å². The molecule has 0 saturated heterocycles. The maximum absolute atomic E-state index is 4.33. The molecule has 0 unspecified atom stereocenters. The molecule has 2 aromatic rings. The van der Waals surface area contributed by atoms with Gasteiger partial charge in [-0.3, -0.25) is 0 Å². The summed E-state index contributed by atoms with van der Waals surface area (Å²) in [7, 11) is 0. The van der Waals surface area contributed by atoms with Crippen molar-refractivity contribution in [1.29, 1.82) is 0 Å². The highest BCUT2D eigenvalue weighted by molar-refractivity contribution is 9.11. The van der Waals surface area contributed by atoms with Crippen LogP contribution >= 0.6 is 43.6 Å². The first-order valence-electron chi connectivity index (χ1n) is 5.01. The zero-order valence-corrected chi connectivity index (χ0v) is 12.5. The van der Waals surface area contributed by atoms with Crippen LogP contribution in [0, 0.1) is 0 Å². The van der Waals surface area contributed by atoms with Crippen LogP contribution in [0.2, 0.25) is 0 Å². The van der Waals surface area contributed by atoms with E-state index in [0.29, 0.717) is 6.04 Å². The Morgan fingerprint density at radius 2 is 2.18 bits per heavy atom. The Morgan fingerprint density at radius 1 is 1.35 bits per heavy atom. The summed E-state index contributed by atoms with van der Waals surface area (Å²) in [4.78, 5) is 4.33. The van der Waals surface area contributed by atoms with Gasteiger partial charge in [-0.2, -0.15) is 0 Å². The zero-order valence-electron chi connectivity index (χ0n) is 8.55. The molecule has 8 heteroatoms. The normalized spacial score (nSPS) is 15.2. The van der Waals surface area contributed by atoms with Gasteiger partial charge in [0.25, 0.3) is 0 Å². The second kappa shape index (κ2) is 4.66. The van der Waals surface area contributed by atoms with Crippen LogP contribution in [-0.2, 0) is 0 Å². The number of halogens is 2. The Balaban J connectivity index is 1.88. The van der Waals surface area contributed by atoms with E-state index in [-0.39, 0.29) is 0 Å². The van der Waals surface area contributed by atoms with E-state index in [9.17, 15) is 0 Å². The van der Waals surface area contributed by atoms with Crippen molar-refractivity contribution in [2.45, 2.75) is 29.1 Å². The summed E-state index contributed by atoms with van der Waals surface area (Å²) < 4.78 is 3.75. The molecule has 0 aliphatic heterocycles. The SMILES string of the molecule is Brc1cnc(Sc2nnnn2C2CC2)c(Br)c1. The number of hydrogen-bond acceptors (Lipinski definition) is 5. The molecule has 17 heavy (non-hydrogen) atoms. The van der Waals surface area contributed by atoms with Crippen LogP contribution in [0.15, 0.2) is 31.4 Å². The molecule has 0 N–H and O–H groups in total. The van der Waals surface area contributed by atoms with Crippen LogP contribution in [0.4, 0.5) is 0 Å². The van der Waals surface area contributed by atoms with Crippen LogP contribution < -0.4 is 0 Å². The number of hydrogen-bond donors (Lipinski definition) is 0. The molecule has 3 rings (SSSR count). The van der Waals surface area contributed by atoms with Gasteiger partial charge in [-0.1, -0.05) is 0 Å². The number of rotatable bonds is 3. The predicted molar refractivity (Wildman–Crippen MR) is 69.8 cm³/mol. The number of pyridine rings is 1. The lowest BCUT2D eigenvalue weighted by Gasteiger charge is -2.03. The Kier molecular flexibility index (Phi) is 3.18. The van der Waals surface area contributed by atoms with E-state index < -0.39 is 0 Å². The van der Waals surface area contributed by atoms with Crippen LogP contribution in [0.3, 0.4) is 0 Å². The molecule has 0 atom stereocenters. The lowest BCUT2D eigenvalue weighted by molar-refractivity contribution is 0.565. The fourth-order valence-corrected chi connectivity index (χ4v) is 3.39. The van der Waals surface area contributed by atoms with E-state index in [4.69, 9.17) is 0 Å². The summed E-state index contributed by atoms with van der Waals surface area (Å²) in [6, 6.07) is 2.43. The van der Waals surface area contributed by atoms with Gasteiger partial charge in [-0.15, -0.1) is 5.10 Å². The van der Waals surface area contributed by atoms with Gasteiger partial charge in [-0.25, -0.2) is 9.67 Å². The van der Waals surface area contributed by atoms with E-state index in [1.54, 1.807) is 6.20 Å². The molecule has 1 aliphatic rings. The van der Waals surface area contributed by atoms with Crippen molar-refractivity contribution in [3.63, 3.8) is 0 Å². The molecule has 1 saturated carbocycles. The maximum Gasteiger partial charge on any atom is 0.215 e. The molecular weight excluding hydrogens is 370 g/mol. The average molecular weight is 377 g/mol. The number of tetrazole rings is 1.